The van der Waals surface area contributed by atoms with E-state index >= 15 is 0 Å². The second-order valence-electron chi connectivity index (χ2n) is 4.76. The van der Waals surface area contributed by atoms with Crippen molar-refractivity contribution in [3.63, 3.8) is 0 Å². The van der Waals surface area contributed by atoms with Crippen molar-refractivity contribution >= 4 is 11.7 Å². The fourth-order valence-electron chi connectivity index (χ4n) is 2.32. The third kappa shape index (κ3) is 3.34. The summed E-state index contributed by atoms with van der Waals surface area (Å²) in [6.45, 7) is 7.19. The summed E-state index contributed by atoms with van der Waals surface area (Å²) in [5.74, 6) is 1.16. The van der Waals surface area contributed by atoms with Gasteiger partial charge in [0.2, 0.25) is 5.91 Å². The Morgan fingerprint density at radius 2 is 2.05 bits per heavy atom. The minimum atomic E-state index is 0.169. The molecule has 0 N–H and O–H groups in total. The van der Waals surface area contributed by atoms with Gasteiger partial charge in [0.05, 0.1) is 0 Å². The molecule has 1 aliphatic rings. The van der Waals surface area contributed by atoms with Crippen molar-refractivity contribution in [2.75, 3.05) is 31.1 Å². The largest absolute Gasteiger partial charge is 0.353 e. The van der Waals surface area contributed by atoms with E-state index < -0.39 is 0 Å². The van der Waals surface area contributed by atoms with Crippen molar-refractivity contribution in [3.8, 4) is 0 Å². The molecule has 0 aromatic carbocycles. The van der Waals surface area contributed by atoms with Crippen LogP contribution in [0.5, 0.6) is 0 Å². The Kier molecular flexibility index (Phi) is 4.55. The zero-order valence-corrected chi connectivity index (χ0v) is 11.7. The van der Waals surface area contributed by atoms with Crippen LogP contribution in [0.1, 0.15) is 20.3 Å². The average Bonchev–Trinajstić information content (AvgIpc) is 2.48. The number of aromatic nitrogens is 1. The van der Waals surface area contributed by atoms with E-state index in [2.05, 4.69) is 16.8 Å². The number of amides is 1. The molecule has 0 spiro atoms. The van der Waals surface area contributed by atoms with Crippen molar-refractivity contribution in [2.24, 2.45) is 0 Å². The van der Waals surface area contributed by atoms with E-state index in [1.54, 1.807) is 6.20 Å². The zero-order valence-electron chi connectivity index (χ0n) is 11.7. The van der Waals surface area contributed by atoms with Gasteiger partial charge < -0.3 is 9.80 Å². The molecule has 102 valence electrons. The quantitative estimate of drug-likeness (QED) is 0.780. The molecule has 0 saturated carbocycles. The van der Waals surface area contributed by atoms with Crippen LogP contribution in [0, 0.1) is 0 Å². The monoisotopic (exact) mass is 259 g/mol. The van der Waals surface area contributed by atoms with E-state index in [0.29, 0.717) is 0 Å². The van der Waals surface area contributed by atoms with Crippen molar-refractivity contribution in [3.05, 3.63) is 36.0 Å². The van der Waals surface area contributed by atoms with Crippen LogP contribution in [-0.4, -0.2) is 42.0 Å². The molecular weight excluding hydrogens is 238 g/mol. The summed E-state index contributed by atoms with van der Waals surface area (Å²) < 4.78 is 0. The molecule has 1 saturated heterocycles. The zero-order chi connectivity index (χ0) is 13.7. The molecule has 1 aromatic rings. The normalized spacial score (nSPS) is 16.6. The molecule has 1 aliphatic heterocycles. The van der Waals surface area contributed by atoms with Gasteiger partial charge in [-0.15, -0.1) is 0 Å². The van der Waals surface area contributed by atoms with E-state index in [0.717, 1.165) is 44.0 Å². The highest BCUT2D eigenvalue weighted by atomic mass is 16.2. The molecule has 0 radical (unpaired) electrons. The average molecular weight is 259 g/mol. The van der Waals surface area contributed by atoms with Gasteiger partial charge in [-0.2, -0.15) is 0 Å². The lowest BCUT2D eigenvalue weighted by atomic mass is 10.2. The lowest BCUT2D eigenvalue weighted by Crippen LogP contribution is -2.49. The van der Waals surface area contributed by atoms with Gasteiger partial charge >= 0.3 is 0 Å². The lowest BCUT2D eigenvalue weighted by Gasteiger charge is -2.35. The number of hydrogen-bond acceptors (Lipinski definition) is 3. The number of hydrogen-bond donors (Lipinski definition) is 0. The van der Waals surface area contributed by atoms with E-state index in [1.807, 2.05) is 36.1 Å². The van der Waals surface area contributed by atoms with Gasteiger partial charge in [-0.1, -0.05) is 19.1 Å². The Hall–Kier alpha value is -1.84. The standard InChI is InChI=1S/C15H21N3O/c1-3-6-13(2)15(19)18-11-9-17(10-12-18)14-7-4-5-8-16-14/h4-8H,3,9-12H2,1-2H3. The van der Waals surface area contributed by atoms with Crippen LogP contribution in [-0.2, 0) is 4.79 Å². The first-order chi connectivity index (χ1) is 9.22. The van der Waals surface area contributed by atoms with Crippen LogP contribution in [0.2, 0.25) is 0 Å². The van der Waals surface area contributed by atoms with E-state index in [1.165, 1.54) is 0 Å². The number of pyridine rings is 1. The maximum atomic E-state index is 12.2. The minimum Gasteiger partial charge on any atom is -0.353 e. The molecule has 1 fully saturated rings. The molecule has 4 heteroatoms. The summed E-state index contributed by atoms with van der Waals surface area (Å²) in [5, 5.41) is 0. The third-order valence-electron chi connectivity index (χ3n) is 3.39. The van der Waals surface area contributed by atoms with Gasteiger partial charge in [0.1, 0.15) is 5.82 Å². The number of nitrogens with zero attached hydrogens (tertiary/aromatic N) is 3. The summed E-state index contributed by atoms with van der Waals surface area (Å²) in [6.07, 6.45) is 4.71. The lowest BCUT2D eigenvalue weighted by molar-refractivity contribution is -0.127. The second kappa shape index (κ2) is 6.36. The molecule has 1 aromatic heterocycles. The fourth-order valence-corrected chi connectivity index (χ4v) is 2.32. The molecule has 0 bridgehead atoms. The van der Waals surface area contributed by atoms with Crippen molar-refractivity contribution in [1.29, 1.82) is 0 Å². The summed E-state index contributed by atoms with van der Waals surface area (Å²) in [5.41, 5.74) is 0.855. The summed E-state index contributed by atoms with van der Waals surface area (Å²) >= 11 is 0. The Morgan fingerprint density at radius 1 is 1.32 bits per heavy atom. The minimum absolute atomic E-state index is 0.169. The van der Waals surface area contributed by atoms with Crippen LogP contribution in [0.3, 0.4) is 0 Å². The predicted octanol–water partition coefficient (Wildman–Crippen LogP) is 2.09. The number of allylic oxidation sites excluding steroid dienone is 1. The SMILES string of the molecule is CCC=C(C)C(=O)N1CCN(c2ccccn2)CC1. The van der Waals surface area contributed by atoms with Gasteiger partial charge in [-0.25, -0.2) is 4.98 Å². The van der Waals surface area contributed by atoms with Crippen molar-refractivity contribution in [1.82, 2.24) is 9.88 Å². The van der Waals surface area contributed by atoms with E-state index in [-0.39, 0.29) is 5.91 Å². The molecule has 0 atom stereocenters. The highest BCUT2D eigenvalue weighted by molar-refractivity contribution is 5.92. The number of rotatable bonds is 3. The number of piperazine rings is 1. The van der Waals surface area contributed by atoms with Crippen LogP contribution in [0.15, 0.2) is 36.0 Å². The van der Waals surface area contributed by atoms with Gasteiger partial charge in [0.15, 0.2) is 0 Å². The number of carbonyl (C=O) groups is 1. The topological polar surface area (TPSA) is 36.4 Å². The van der Waals surface area contributed by atoms with Crippen molar-refractivity contribution in [2.45, 2.75) is 20.3 Å². The molecule has 19 heavy (non-hydrogen) atoms. The summed E-state index contributed by atoms with van der Waals surface area (Å²) in [4.78, 5) is 20.7. The van der Waals surface area contributed by atoms with E-state index in [9.17, 15) is 4.79 Å². The van der Waals surface area contributed by atoms with Crippen LogP contribution < -0.4 is 4.90 Å². The highest BCUT2D eigenvalue weighted by Crippen LogP contribution is 2.14. The Morgan fingerprint density at radius 3 is 2.63 bits per heavy atom. The van der Waals surface area contributed by atoms with Crippen LogP contribution in [0.4, 0.5) is 5.82 Å². The molecule has 4 nitrogen and oxygen atoms in total. The van der Waals surface area contributed by atoms with Crippen LogP contribution >= 0.6 is 0 Å². The maximum Gasteiger partial charge on any atom is 0.249 e. The second-order valence-corrected chi connectivity index (χ2v) is 4.76. The Labute approximate surface area is 114 Å². The molecule has 0 aliphatic carbocycles. The Bertz CT molecular complexity index is 448. The molecule has 1 amide bonds. The third-order valence-corrected chi connectivity index (χ3v) is 3.39. The first kappa shape index (κ1) is 13.6. The highest BCUT2D eigenvalue weighted by Gasteiger charge is 2.22. The van der Waals surface area contributed by atoms with Gasteiger partial charge in [0, 0.05) is 37.9 Å². The first-order valence-electron chi connectivity index (χ1n) is 6.84. The molecule has 2 heterocycles. The summed E-state index contributed by atoms with van der Waals surface area (Å²) in [6, 6.07) is 5.93. The maximum absolute atomic E-state index is 12.2. The number of carbonyl (C=O) groups excluding carboxylic acids is 1. The molecule has 2 rings (SSSR count). The predicted molar refractivity (Wildman–Crippen MR) is 77.1 cm³/mol. The van der Waals surface area contributed by atoms with Crippen LogP contribution in [0.25, 0.3) is 0 Å². The van der Waals surface area contributed by atoms with Gasteiger partial charge in [0.25, 0.3) is 0 Å². The summed E-state index contributed by atoms with van der Waals surface area (Å²) in [7, 11) is 0. The smallest absolute Gasteiger partial charge is 0.249 e. The Balaban J connectivity index is 1.93. The molecule has 0 unspecified atom stereocenters. The van der Waals surface area contributed by atoms with Gasteiger partial charge in [-0.3, -0.25) is 4.79 Å². The first-order valence-corrected chi connectivity index (χ1v) is 6.84. The van der Waals surface area contributed by atoms with Crippen molar-refractivity contribution < 1.29 is 4.79 Å². The van der Waals surface area contributed by atoms with E-state index in [4.69, 9.17) is 0 Å². The number of anilines is 1. The molecular formula is C15H21N3O. The van der Waals surface area contributed by atoms with Gasteiger partial charge in [-0.05, 0) is 25.5 Å². The fraction of sp³-hybridized carbons (Fsp3) is 0.467.